The highest BCUT2D eigenvalue weighted by Crippen LogP contribution is 2.25. The van der Waals surface area contributed by atoms with E-state index < -0.39 is 23.8 Å². The molecule has 1 amide bonds. The smallest absolute Gasteiger partial charge is 0.407 e. The van der Waals surface area contributed by atoms with Gasteiger partial charge in [-0.25, -0.2) is 4.79 Å². The van der Waals surface area contributed by atoms with Crippen LogP contribution in [0.5, 0.6) is 0 Å². The highest BCUT2D eigenvalue weighted by atomic mass is 16.6. The van der Waals surface area contributed by atoms with Gasteiger partial charge in [0.05, 0.1) is 6.04 Å². The Hall–Kier alpha value is -2.41. The summed E-state index contributed by atoms with van der Waals surface area (Å²) in [6.07, 6.45) is -1.74. The van der Waals surface area contributed by atoms with Gasteiger partial charge in [-0.15, -0.1) is 10.2 Å². The Morgan fingerprint density at radius 1 is 1.20 bits per heavy atom. The number of amides is 1. The summed E-state index contributed by atoms with van der Waals surface area (Å²) >= 11 is 0. The summed E-state index contributed by atoms with van der Waals surface area (Å²) in [7, 11) is 0. The molecule has 2 rings (SSSR count). The minimum Gasteiger partial charge on any atom is -0.444 e. The third kappa shape index (κ3) is 5.29. The zero-order chi connectivity index (χ0) is 18.6. The number of carbonyl (C=O) groups excluding carboxylic acids is 1. The van der Waals surface area contributed by atoms with Crippen molar-refractivity contribution >= 4 is 6.09 Å². The molecular formula is C18H25N3O4. The van der Waals surface area contributed by atoms with Crippen LogP contribution in [0.3, 0.4) is 0 Å². The van der Waals surface area contributed by atoms with E-state index in [2.05, 4.69) is 15.5 Å². The molecule has 7 nitrogen and oxygen atoms in total. The van der Waals surface area contributed by atoms with E-state index >= 15 is 0 Å². The third-order valence-electron chi connectivity index (χ3n) is 3.46. The van der Waals surface area contributed by atoms with Crippen molar-refractivity contribution in [2.24, 2.45) is 5.92 Å². The fraction of sp³-hybridized carbons (Fsp3) is 0.500. The summed E-state index contributed by atoms with van der Waals surface area (Å²) in [4.78, 5) is 12.0. The molecule has 136 valence electrons. The molecular weight excluding hydrogens is 322 g/mol. The zero-order valence-corrected chi connectivity index (χ0v) is 15.2. The predicted octanol–water partition coefficient (Wildman–Crippen LogP) is 3.32. The number of rotatable bonds is 5. The number of nitrogens with one attached hydrogen (secondary N) is 1. The van der Waals surface area contributed by atoms with Gasteiger partial charge in [0.25, 0.3) is 0 Å². The second-order valence-corrected chi connectivity index (χ2v) is 7.17. The number of carbonyl (C=O) groups is 1. The van der Waals surface area contributed by atoms with Crippen molar-refractivity contribution in [2.45, 2.75) is 52.4 Å². The van der Waals surface area contributed by atoms with Gasteiger partial charge >= 0.3 is 6.09 Å². The van der Waals surface area contributed by atoms with Crippen molar-refractivity contribution in [2.75, 3.05) is 0 Å². The van der Waals surface area contributed by atoms with Crippen molar-refractivity contribution < 1.29 is 19.1 Å². The number of hydrogen-bond donors (Lipinski definition) is 2. The van der Waals surface area contributed by atoms with E-state index in [-0.39, 0.29) is 11.8 Å². The molecule has 0 radical (unpaired) electrons. The molecule has 1 unspecified atom stereocenters. The highest BCUT2D eigenvalue weighted by molar-refractivity contribution is 5.68. The lowest BCUT2D eigenvalue weighted by atomic mass is 9.98. The summed E-state index contributed by atoms with van der Waals surface area (Å²) in [5.74, 6) is 0.289. The van der Waals surface area contributed by atoms with Crippen LogP contribution >= 0.6 is 0 Å². The standard InChI is InChI=1S/C18H25N3O4/c1-11(2)13(19-17(23)25-18(3,4)5)14(22)16-21-20-15(24-16)12-9-7-6-8-10-12/h6-11,13-14,22H,1-5H3,(H,19,23)/t13?,14-/m0/s1. The molecule has 1 aromatic carbocycles. The quantitative estimate of drug-likeness (QED) is 0.861. The van der Waals surface area contributed by atoms with Crippen LogP contribution in [0.2, 0.25) is 0 Å². The number of aliphatic hydroxyl groups excluding tert-OH is 1. The van der Waals surface area contributed by atoms with E-state index in [1.807, 2.05) is 44.2 Å². The monoisotopic (exact) mass is 347 g/mol. The first kappa shape index (κ1) is 18.9. The van der Waals surface area contributed by atoms with Gasteiger partial charge in [0.1, 0.15) is 5.60 Å². The maximum Gasteiger partial charge on any atom is 0.407 e. The van der Waals surface area contributed by atoms with Gasteiger partial charge < -0.3 is 19.6 Å². The molecule has 2 aromatic rings. The number of hydrogen-bond acceptors (Lipinski definition) is 6. The van der Waals surface area contributed by atoms with E-state index in [9.17, 15) is 9.90 Å². The molecule has 2 N–H and O–H groups in total. The number of benzene rings is 1. The van der Waals surface area contributed by atoms with E-state index in [1.165, 1.54) is 0 Å². The van der Waals surface area contributed by atoms with Crippen LogP contribution in [0.15, 0.2) is 34.7 Å². The number of aromatic nitrogens is 2. The molecule has 25 heavy (non-hydrogen) atoms. The lowest BCUT2D eigenvalue weighted by molar-refractivity contribution is 0.0329. The van der Waals surface area contributed by atoms with Crippen molar-refractivity contribution in [3.63, 3.8) is 0 Å². The van der Waals surface area contributed by atoms with Gasteiger partial charge in [-0.1, -0.05) is 32.0 Å². The third-order valence-corrected chi connectivity index (χ3v) is 3.46. The van der Waals surface area contributed by atoms with Gasteiger partial charge in [-0.3, -0.25) is 0 Å². The minimum atomic E-state index is -1.14. The molecule has 0 aliphatic carbocycles. The summed E-state index contributed by atoms with van der Waals surface area (Å²) in [5, 5.41) is 21.2. The average molecular weight is 347 g/mol. The second-order valence-electron chi connectivity index (χ2n) is 7.17. The predicted molar refractivity (Wildman–Crippen MR) is 92.7 cm³/mol. The van der Waals surface area contributed by atoms with Crippen LogP contribution in [0.4, 0.5) is 4.79 Å². The number of ether oxygens (including phenoxy) is 1. The number of aliphatic hydroxyl groups is 1. The summed E-state index contributed by atoms with van der Waals surface area (Å²) < 4.78 is 10.8. The first-order valence-corrected chi connectivity index (χ1v) is 8.24. The minimum absolute atomic E-state index is 0.0496. The van der Waals surface area contributed by atoms with Gasteiger partial charge in [0, 0.05) is 5.56 Å². The molecule has 0 aliphatic rings. The Balaban J connectivity index is 2.14. The second kappa shape index (κ2) is 7.65. The maximum absolute atomic E-state index is 12.0. The molecule has 0 saturated heterocycles. The van der Waals surface area contributed by atoms with Crippen LogP contribution in [0.1, 0.15) is 46.6 Å². The molecule has 0 aliphatic heterocycles. The van der Waals surface area contributed by atoms with Crippen molar-refractivity contribution in [3.05, 3.63) is 36.2 Å². The topological polar surface area (TPSA) is 97.5 Å². The number of nitrogens with zero attached hydrogens (tertiary/aromatic N) is 2. The van der Waals surface area contributed by atoms with E-state index in [1.54, 1.807) is 20.8 Å². The molecule has 2 atom stereocenters. The first-order chi connectivity index (χ1) is 11.7. The van der Waals surface area contributed by atoms with Gasteiger partial charge in [-0.05, 0) is 38.8 Å². The Labute approximate surface area is 147 Å². The molecule has 1 heterocycles. The highest BCUT2D eigenvalue weighted by Gasteiger charge is 2.31. The van der Waals surface area contributed by atoms with Crippen molar-refractivity contribution in [1.82, 2.24) is 15.5 Å². The number of alkyl carbamates (subject to hydrolysis) is 1. The first-order valence-electron chi connectivity index (χ1n) is 8.24. The van der Waals surface area contributed by atoms with E-state index in [0.717, 1.165) is 5.56 Å². The molecule has 0 bridgehead atoms. The Morgan fingerprint density at radius 3 is 2.40 bits per heavy atom. The maximum atomic E-state index is 12.0. The molecule has 0 fully saturated rings. The summed E-state index contributed by atoms with van der Waals surface area (Å²) in [6.45, 7) is 9.08. The van der Waals surface area contributed by atoms with Gasteiger partial charge in [-0.2, -0.15) is 0 Å². The largest absolute Gasteiger partial charge is 0.444 e. The van der Waals surface area contributed by atoms with Crippen LogP contribution in [0, 0.1) is 5.92 Å². The van der Waals surface area contributed by atoms with Crippen LogP contribution in [-0.2, 0) is 4.74 Å². The van der Waals surface area contributed by atoms with Crippen LogP contribution in [-0.4, -0.2) is 33.0 Å². The molecule has 0 saturated carbocycles. The summed E-state index contributed by atoms with van der Waals surface area (Å²) in [5.41, 5.74) is 0.135. The fourth-order valence-electron chi connectivity index (χ4n) is 2.26. The average Bonchev–Trinajstić information content (AvgIpc) is 3.01. The molecule has 1 aromatic heterocycles. The lowest BCUT2D eigenvalue weighted by Crippen LogP contribution is -2.45. The van der Waals surface area contributed by atoms with E-state index in [0.29, 0.717) is 5.89 Å². The van der Waals surface area contributed by atoms with Crippen LogP contribution in [0.25, 0.3) is 11.5 Å². The molecule has 7 heteroatoms. The SMILES string of the molecule is CC(C)C(NC(=O)OC(C)(C)C)[C@H](O)c1nnc(-c2ccccc2)o1. The Kier molecular flexibility index (Phi) is 5.79. The normalized spacial score (nSPS) is 14.2. The van der Waals surface area contributed by atoms with Crippen molar-refractivity contribution in [3.8, 4) is 11.5 Å². The lowest BCUT2D eigenvalue weighted by Gasteiger charge is -2.27. The van der Waals surface area contributed by atoms with Gasteiger partial charge in [0.2, 0.25) is 11.8 Å². The summed E-state index contributed by atoms with van der Waals surface area (Å²) in [6, 6.07) is 8.65. The van der Waals surface area contributed by atoms with Gasteiger partial charge in [0.15, 0.2) is 6.10 Å². The molecule has 0 spiro atoms. The van der Waals surface area contributed by atoms with Crippen molar-refractivity contribution in [1.29, 1.82) is 0 Å². The Bertz CT molecular complexity index is 692. The van der Waals surface area contributed by atoms with Crippen LogP contribution < -0.4 is 5.32 Å². The zero-order valence-electron chi connectivity index (χ0n) is 15.2. The van der Waals surface area contributed by atoms with E-state index in [4.69, 9.17) is 9.15 Å². The Morgan fingerprint density at radius 2 is 1.84 bits per heavy atom. The fourth-order valence-corrected chi connectivity index (χ4v) is 2.26.